The number of benzene rings is 1. The van der Waals surface area contributed by atoms with Gasteiger partial charge in [-0.05, 0) is 99.2 Å². The van der Waals surface area contributed by atoms with E-state index >= 15 is 0 Å². The van der Waals surface area contributed by atoms with Gasteiger partial charge in [0.25, 0.3) is 11.1 Å². The van der Waals surface area contributed by atoms with Crippen LogP contribution in [0.25, 0.3) is 12.2 Å². The van der Waals surface area contributed by atoms with Crippen molar-refractivity contribution in [2.75, 3.05) is 32.7 Å². The fraction of sp³-hybridized carbons (Fsp3) is 0.465. The predicted molar refractivity (Wildman–Crippen MR) is 283 cm³/mol. The number of nitrogens with one attached hydrogen (secondary N) is 6. The number of carbonyl (C=O) groups excluding carboxylic acids is 8. The first-order chi connectivity index (χ1) is 35.0. The van der Waals surface area contributed by atoms with Crippen LogP contribution in [0.15, 0.2) is 60.2 Å². The van der Waals surface area contributed by atoms with Gasteiger partial charge in [-0.2, -0.15) is 0 Å². The zero-order valence-electron chi connectivity index (χ0n) is 40.8. The lowest BCUT2D eigenvalue weighted by atomic mass is 10.0. The van der Waals surface area contributed by atoms with Crippen LogP contribution in [0.1, 0.15) is 75.3 Å². The summed E-state index contributed by atoms with van der Waals surface area (Å²) >= 11 is 0.772. The van der Waals surface area contributed by atoms with Crippen molar-refractivity contribution in [2.24, 2.45) is 88.0 Å². The minimum atomic E-state index is -1.38. The van der Waals surface area contributed by atoms with Crippen LogP contribution in [0, 0.1) is 0 Å². The standard InChI is InChI=1S/C43H70N22O8S/c44-32(67)25(6-1-17-55-38(45)46)61-34(69)27(8-3-19-57-40(49)50)63-36(71)29(10-5-21-59-42(53)54)64-35(70)28(9-4-20-58-41(51)52)62-33(68)26(7-2-18-56-39(47)48)60-31(66)16-15-23-11-13-24(14-12-23)22-30-37(72)65-43(73)74-30/h11-16,22,25-29H,1-10,17-21H2,(H2,44,67)(H,60,66)(H,61,69)(H,62,68)(H,63,71)(H,64,70)(H4,45,46,55)(H4,47,48,56)(H4,49,50,57)(H4,51,52,58)(H4,53,54,59)(H,65,72,73)/b16-15+,30-22-/t25-,26-,27-,28-,29-/m0/s1. The van der Waals surface area contributed by atoms with E-state index in [0.29, 0.717) is 11.1 Å². The summed E-state index contributed by atoms with van der Waals surface area (Å²) < 4.78 is 0. The van der Waals surface area contributed by atoms with Crippen molar-refractivity contribution in [3.8, 4) is 0 Å². The third-order valence-electron chi connectivity index (χ3n) is 10.2. The van der Waals surface area contributed by atoms with E-state index in [-0.39, 0.29) is 132 Å². The SMILES string of the molecule is NC(=O)[C@H](CCCN=C(N)N)NC(=O)[C@H](CCCN=C(N)N)NC(=O)[C@H](CCCN=C(N)N)NC(=O)[C@H](CCCN=C(N)N)NC(=O)[C@H](CCCN=C(N)N)NC(=O)/C=C/c1ccc(/C=C2\SC(=O)NC2=O)cc1. The lowest BCUT2D eigenvalue weighted by Crippen LogP contribution is -2.59. The lowest BCUT2D eigenvalue weighted by molar-refractivity contribution is -0.135. The van der Waals surface area contributed by atoms with Crippen LogP contribution >= 0.6 is 11.8 Å². The maximum Gasteiger partial charge on any atom is 0.290 e. The van der Waals surface area contributed by atoms with Crippen LogP contribution in [0.5, 0.6) is 0 Å². The minimum absolute atomic E-state index is 0.00265. The zero-order valence-corrected chi connectivity index (χ0v) is 41.6. The van der Waals surface area contributed by atoms with Gasteiger partial charge in [0.15, 0.2) is 29.8 Å². The van der Waals surface area contributed by atoms with Crippen molar-refractivity contribution >= 4 is 100 Å². The molecule has 1 heterocycles. The highest BCUT2D eigenvalue weighted by molar-refractivity contribution is 8.18. The number of imide groups is 1. The summed E-state index contributed by atoms with van der Waals surface area (Å²) in [6.45, 7) is 0.356. The van der Waals surface area contributed by atoms with Crippen LogP contribution in [0.3, 0.4) is 0 Å². The second kappa shape index (κ2) is 33.1. The summed E-state index contributed by atoms with van der Waals surface area (Å²) in [5.41, 5.74) is 61.5. The van der Waals surface area contributed by atoms with E-state index in [4.69, 9.17) is 63.1 Å². The molecule has 1 saturated heterocycles. The molecular weight excluding hydrogens is 985 g/mol. The molecule has 8 amide bonds. The number of hydrogen-bond acceptors (Lipinski definition) is 14. The Balaban J connectivity index is 2.44. The second-order valence-electron chi connectivity index (χ2n) is 16.3. The largest absolute Gasteiger partial charge is 0.370 e. The quantitative estimate of drug-likeness (QED) is 0.0135. The van der Waals surface area contributed by atoms with Gasteiger partial charge < -0.3 is 89.7 Å². The number of hydrogen-bond donors (Lipinski definition) is 17. The van der Waals surface area contributed by atoms with Crippen molar-refractivity contribution in [1.29, 1.82) is 0 Å². The Hall–Kier alpha value is -8.64. The molecule has 1 aliphatic rings. The number of nitrogens with zero attached hydrogens (tertiary/aromatic N) is 5. The fourth-order valence-electron chi connectivity index (χ4n) is 6.64. The molecule has 1 fully saturated rings. The van der Waals surface area contributed by atoms with E-state index in [9.17, 15) is 38.4 Å². The molecule has 0 aromatic heterocycles. The fourth-order valence-corrected chi connectivity index (χ4v) is 7.32. The molecule has 406 valence electrons. The van der Waals surface area contributed by atoms with Crippen molar-refractivity contribution < 1.29 is 38.4 Å². The van der Waals surface area contributed by atoms with Crippen LogP contribution < -0.4 is 95.0 Å². The molecule has 1 aromatic rings. The number of nitrogens with two attached hydrogens (primary N) is 11. The van der Waals surface area contributed by atoms with E-state index in [1.54, 1.807) is 30.3 Å². The van der Waals surface area contributed by atoms with Gasteiger partial charge in [-0.25, -0.2) is 0 Å². The molecule has 2 rings (SSSR count). The third-order valence-corrected chi connectivity index (χ3v) is 11.0. The Bertz CT molecular complexity index is 2320. The van der Waals surface area contributed by atoms with Crippen LogP contribution in [0.2, 0.25) is 0 Å². The number of thioether (sulfide) groups is 1. The molecule has 31 heteroatoms. The highest BCUT2D eigenvalue weighted by Gasteiger charge is 2.32. The maximum absolute atomic E-state index is 14.3. The van der Waals surface area contributed by atoms with Gasteiger partial charge in [-0.1, -0.05) is 24.3 Å². The summed E-state index contributed by atoms with van der Waals surface area (Å²) in [7, 11) is 0. The molecule has 0 unspecified atom stereocenters. The van der Waals surface area contributed by atoms with E-state index in [1.165, 1.54) is 12.2 Å². The number of carbonyl (C=O) groups is 8. The summed E-state index contributed by atoms with van der Waals surface area (Å²) in [5, 5.41) is 14.9. The molecule has 0 aliphatic carbocycles. The van der Waals surface area contributed by atoms with Gasteiger partial charge in [-0.15, -0.1) is 0 Å². The second-order valence-corrected chi connectivity index (χ2v) is 17.3. The topological polar surface area (TPSA) is 557 Å². The molecule has 0 spiro atoms. The molecule has 0 radical (unpaired) electrons. The van der Waals surface area contributed by atoms with E-state index < -0.39 is 76.8 Å². The summed E-state index contributed by atoms with van der Waals surface area (Å²) in [4.78, 5) is 125. The molecule has 74 heavy (non-hydrogen) atoms. The van der Waals surface area contributed by atoms with E-state index in [0.717, 1.165) is 11.8 Å². The Morgan fingerprint density at radius 2 is 0.784 bits per heavy atom. The molecule has 30 nitrogen and oxygen atoms in total. The molecule has 5 atom stereocenters. The molecule has 1 aromatic carbocycles. The van der Waals surface area contributed by atoms with Gasteiger partial charge in [0, 0.05) is 38.8 Å². The number of aliphatic imine (C=N–C) groups is 5. The first-order valence-electron chi connectivity index (χ1n) is 23.2. The number of primary amides is 1. The van der Waals surface area contributed by atoms with Crippen molar-refractivity contribution in [3.05, 3.63) is 46.4 Å². The Morgan fingerprint density at radius 1 is 0.473 bits per heavy atom. The molecule has 0 saturated carbocycles. The molecule has 28 N–H and O–H groups in total. The van der Waals surface area contributed by atoms with Gasteiger partial charge in [0.05, 0.1) is 4.91 Å². The zero-order chi connectivity index (χ0) is 55.2. The first-order valence-corrected chi connectivity index (χ1v) is 24.0. The van der Waals surface area contributed by atoms with Crippen LogP contribution in [-0.4, -0.2) is 139 Å². The molecular formula is C43H70N22O8S. The summed E-state index contributed by atoms with van der Waals surface area (Å²) in [6, 6.07) is 0.160. The third kappa shape index (κ3) is 26.0. The van der Waals surface area contributed by atoms with E-state index in [1.807, 2.05) is 0 Å². The average Bonchev–Trinajstić information content (AvgIpc) is 3.64. The normalized spacial score (nSPS) is 14.4. The summed E-state index contributed by atoms with van der Waals surface area (Å²) in [5.74, 6) is -6.39. The van der Waals surface area contributed by atoms with Gasteiger partial charge in [0.2, 0.25) is 35.4 Å². The lowest BCUT2D eigenvalue weighted by Gasteiger charge is -2.27. The monoisotopic (exact) mass is 1050 g/mol. The van der Waals surface area contributed by atoms with Crippen molar-refractivity contribution in [3.63, 3.8) is 0 Å². The molecule has 1 aliphatic heterocycles. The number of rotatable bonds is 33. The van der Waals surface area contributed by atoms with Crippen LogP contribution in [0.4, 0.5) is 4.79 Å². The first kappa shape index (κ1) is 61.5. The van der Waals surface area contributed by atoms with Gasteiger partial charge >= 0.3 is 0 Å². The maximum atomic E-state index is 14.3. The van der Waals surface area contributed by atoms with Crippen molar-refractivity contribution in [2.45, 2.75) is 94.4 Å². The molecule has 0 bridgehead atoms. The highest BCUT2D eigenvalue weighted by atomic mass is 32.2. The van der Waals surface area contributed by atoms with Crippen LogP contribution in [-0.2, 0) is 33.6 Å². The average molecular weight is 1060 g/mol. The van der Waals surface area contributed by atoms with Gasteiger partial charge in [0.1, 0.15) is 30.2 Å². The number of guanidine groups is 5. The van der Waals surface area contributed by atoms with Crippen molar-refractivity contribution in [1.82, 2.24) is 31.9 Å². The smallest absolute Gasteiger partial charge is 0.290 e. The summed E-state index contributed by atoms with van der Waals surface area (Å²) in [6.07, 6.45) is 4.95. The predicted octanol–water partition coefficient (Wildman–Crippen LogP) is -5.80. The number of amides is 8. The Morgan fingerprint density at radius 3 is 1.09 bits per heavy atom. The Kier molecular flexibility index (Phi) is 27.5. The highest BCUT2D eigenvalue weighted by Crippen LogP contribution is 2.25. The Labute approximate surface area is 430 Å². The minimum Gasteiger partial charge on any atom is -0.370 e. The van der Waals surface area contributed by atoms with E-state index in [2.05, 4.69) is 56.9 Å². The van der Waals surface area contributed by atoms with Gasteiger partial charge in [-0.3, -0.25) is 68.6 Å².